The Morgan fingerprint density at radius 2 is 1.89 bits per heavy atom. The van der Waals surface area contributed by atoms with Gasteiger partial charge in [0.05, 0.1) is 0 Å². The van der Waals surface area contributed by atoms with E-state index in [1.54, 1.807) is 0 Å². The van der Waals surface area contributed by atoms with Crippen molar-refractivity contribution in [1.29, 1.82) is 0 Å². The van der Waals surface area contributed by atoms with Gasteiger partial charge in [0.2, 0.25) is 0 Å². The molecule has 2 N–H and O–H groups in total. The Hall–Kier alpha value is -0.820. The molecule has 0 amide bonds. The second kappa shape index (κ2) is 5.44. The van der Waals surface area contributed by atoms with Gasteiger partial charge >= 0.3 is 0 Å². The highest BCUT2D eigenvalue weighted by atomic mass is 14.7. The van der Waals surface area contributed by atoms with E-state index in [1.165, 1.54) is 48.8 Å². The van der Waals surface area contributed by atoms with Crippen molar-refractivity contribution in [2.24, 2.45) is 11.1 Å². The van der Waals surface area contributed by atoms with Crippen molar-refractivity contribution in [3.8, 4) is 0 Å². The summed E-state index contributed by atoms with van der Waals surface area (Å²) in [5, 5.41) is 0. The minimum Gasteiger partial charge on any atom is -0.327 e. The molecule has 0 aliphatic heterocycles. The van der Waals surface area contributed by atoms with E-state index in [2.05, 4.69) is 39.0 Å². The zero-order valence-electron chi connectivity index (χ0n) is 12.1. The lowest BCUT2D eigenvalue weighted by Gasteiger charge is -2.35. The molecule has 1 unspecified atom stereocenters. The van der Waals surface area contributed by atoms with Gasteiger partial charge in [0.15, 0.2) is 0 Å². The smallest absolute Gasteiger partial charge is 0.0136 e. The van der Waals surface area contributed by atoms with Gasteiger partial charge in [-0.15, -0.1) is 0 Å². The third-order valence-electron chi connectivity index (χ3n) is 5.03. The number of aryl methyl sites for hydroxylation is 2. The molecule has 0 heterocycles. The predicted molar refractivity (Wildman–Crippen MR) is 78.8 cm³/mol. The number of rotatable bonds is 4. The zero-order valence-corrected chi connectivity index (χ0v) is 12.1. The molecule has 0 bridgehead atoms. The summed E-state index contributed by atoms with van der Waals surface area (Å²) < 4.78 is 0. The van der Waals surface area contributed by atoms with Crippen molar-refractivity contribution < 1.29 is 0 Å². The number of nitrogens with two attached hydrogens (primary N) is 1. The van der Waals surface area contributed by atoms with Crippen LogP contribution in [-0.4, -0.2) is 6.04 Å². The van der Waals surface area contributed by atoms with Gasteiger partial charge < -0.3 is 5.73 Å². The summed E-state index contributed by atoms with van der Waals surface area (Å²) in [4.78, 5) is 0. The lowest BCUT2D eigenvalue weighted by Crippen LogP contribution is -2.41. The zero-order chi connectivity index (χ0) is 13.2. The summed E-state index contributed by atoms with van der Waals surface area (Å²) in [6.07, 6.45) is 7.67. The number of benzene rings is 1. The molecule has 18 heavy (non-hydrogen) atoms. The van der Waals surface area contributed by atoms with Crippen molar-refractivity contribution in [3.05, 3.63) is 34.9 Å². The normalized spacial score (nSPS) is 20.0. The second-order valence-corrected chi connectivity index (χ2v) is 6.16. The topological polar surface area (TPSA) is 26.0 Å². The van der Waals surface area contributed by atoms with Gasteiger partial charge in [-0.25, -0.2) is 0 Å². The minimum absolute atomic E-state index is 0.325. The molecule has 0 radical (unpaired) electrons. The molecule has 1 saturated carbocycles. The Balaban J connectivity index is 2.15. The van der Waals surface area contributed by atoms with E-state index in [0.29, 0.717) is 11.5 Å². The average molecular weight is 245 g/mol. The Morgan fingerprint density at radius 1 is 1.22 bits per heavy atom. The summed E-state index contributed by atoms with van der Waals surface area (Å²) in [6, 6.07) is 7.05. The van der Waals surface area contributed by atoms with Gasteiger partial charge in [0, 0.05) is 6.04 Å². The molecule has 0 saturated heterocycles. The van der Waals surface area contributed by atoms with Crippen LogP contribution in [0.15, 0.2) is 18.2 Å². The molecular formula is C17H27N. The Bertz CT molecular complexity index is 402. The van der Waals surface area contributed by atoms with E-state index in [-0.39, 0.29) is 0 Å². The lowest BCUT2D eigenvalue weighted by molar-refractivity contribution is 0.218. The van der Waals surface area contributed by atoms with Gasteiger partial charge in [-0.1, -0.05) is 43.5 Å². The van der Waals surface area contributed by atoms with Crippen molar-refractivity contribution in [2.75, 3.05) is 0 Å². The summed E-state index contributed by atoms with van der Waals surface area (Å²) in [5.74, 6) is 0. The molecule has 2 rings (SSSR count). The number of hydrogen-bond acceptors (Lipinski definition) is 1. The summed E-state index contributed by atoms with van der Waals surface area (Å²) in [6.45, 7) is 6.68. The van der Waals surface area contributed by atoms with Crippen LogP contribution in [0, 0.1) is 19.3 Å². The van der Waals surface area contributed by atoms with Crippen LogP contribution in [0.1, 0.15) is 55.7 Å². The second-order valence-electron chi connectivity index (χ2n) is 6.16. The monoisotopic (exact) mass is 245 g/mol. The summed E-state index contributed by atoms with van der Waals surface area (Å²) >= 11 is 0. The van der Waals surface area contributed by atoms with E-state index < -0.39 is 0 Å². The third-order valence-corrected chi connectivity index (χ3v) is 5.03. The van der Waals surface area contributed by atoms with Crippen molar-refractivity contribution in [2.45, 2.75) is 65.3 Å². The molecule has 0 aromatic heterocycles. The highest BCUT2D eigenvalue weighted by Gasteiger charge is 2.37. The first-order valence-corrected chi connectivity index (χ1v) is 7.39. The first kappa shape index (κ1) is 13.6. The molecule has 1 aromatic rings. The maximum absolute atomic E-state index is 6.58. The number of hydrogen-bond donors (Lipinski definition) is 1. The van der Waals surface area contributed by atoms with Crippen LogP contribution in [0.5, 0.6) is 0 Å². The molecule has 1 fully saturated rings. The molecular weight excluding hydrogens is 218 g/mol. The van der Waals surface area contributed by atoms with E-state index >= 15 is 0 Å². The molecule has 1 atom stereocenters. The van der Waals surface area contributed by atoms with Gasteiger partial charge in [-0.2, -0.15) is 0 Å². The van der Waals surface area contributed by atoms with Crippen LogP contribution in [0.25, 0.3) is 0 Å². The van der Waals surface area contributed by atoms with Gasteiger partial charge in [0.1, 0.15) is 0 Å². The molecule has 1 nitrogen and oxygen atoms in total. The average Bonchev–Trinajstić information content (AvgIpc) is 2.84. The van der Waals surface area contributed by atoms with Crippen molar-refractivity contribution >= 4 is 0 Å². The molecule has 1 heteroatoms. The fourth-order valence-corrected chi connectivity index (χ4v) is 3.54. The minimum atomic E-state index is 0.325. The molecule has 1 aliphatic carbocycles. The largest absolute Gasteiger partial charge is 0.327 e. The van der Waals surface area contributed by atoms with Crippen molar-refractivity contribution in [1.82, 2.24) is 0 Å². The van der Waals surface area contributed by atoms with Gasteiger partial charge in [-0.05, 0) is 56.1 Å². The highest BCUT2D eigenvalue weighted by Crippen LogP contribution is 2.44. The summed E-state index contributed by atoms with van der Waals surface area (Å²) in [5.41, 5.74) is 11.2. The third kappa shape index (κ3) is 2.61. The van der Waals surface area contributed by atoms with Crippen LogP contribution < -0.4 is 5.73 Å². The Morgan fingerprint density at radius 3 is 2.50 bits per heavy atom. The quantitative estimate of drug-likeness (QED) is 0.847. The lowest BCUT2D eigenvalue weighted by atomic mass is 9.74. The predicted octanol–water partition coefficient (Wildman–Crippen LogP) is 4.14. The highest BCUT2D eigenvalue weighted by molar-refractivity contribution is 5.31. The van der Waals surface area contributed by atoms with E-state index in [4.69, 9.17) is 5.73 Å². The van der Waals surface area contributed by atoms with E-state index in [9.17, 15) is 0 Å². The Labute approximate surface area is 112 Å². The maximum atomic E-state index is 6.58. The van der Waals surface area contributed by atoms with E-state index in [0.717, 1.165) is 6.42 Å². The van der Waals surface area contributed by atoms with Crippen LogP contribution >= 0.6 is 0 Å². The molecule has 0 spiro atoms. The van der Waals surface area contributed by atoms with Gasteiger partial charge in [-0.3, -0.25) is 0 Å². The first-order valence-electron chi connectivity index (χ1n) is 7.39. The van der Waals surface area contributed by atoms with Crippen LogP contribution in [0.3, 0.4) is 0 Å². The van der Waals surface area contributed by atoms with Crippen LogP contribution in [0.4, 0.5) is 0 Å². The standard InChI is InChI=1S/C17H27N/c1-4-17(9-5-6-10-17)16(18)12-15-11-13(2)7-8-14(15)3/h7-8,11,16H,4-6,9-10,12,18H2,1-3H3. The first-order chi connectivity index (χ1) is 8.57. The van der Waals surface area contributed by atoms with Crippen molar-refractivity contribution in [3.63, 3.8) is 0 Å². The fraction of sp³-hybridized carbons (Fsp3) is 0.647. The molecule has 1 aliphatic rings. The van der Waals surface area contributed by atoms with Gasteiger partial charge in [0.25, 0.3) is 0 Å². The SMILES string of the molecule is CCC1(C(N)Cc2cc(C)ccc2C)CCCC1. The molecule has 1 aromatic carbocycles. The van der Waals surface area contributed by atoms with E-state index in [1.807, 2.05) is 0 Å². The fourth-order valence-electron chi connectivity index (χ4n) is 3.54. The van der Waals surface area contributed by atoms with Crippen LogP contribution in [-0.2, 0) is 6.42 Å². The maximum Gasteiger partial charge on any atom is 0.0136 e. The summed E-state index contributed by atoms with van der Waals surface area (Å²) in [7, 11) is 0. The van der Waals surface area contributed by atoms with Crippen LogP contribution in [0.2, 0.25) is 0 Å². The Kier molecular flexibility index (Phi) is 4.11. The molecule has 100 valence electrons.